The van der Waals surface area contributed by atoms with E-state index in [4.69, 9.17) is 0 Å². The smallest absolute Gasteiger partial charge is 0.163 e. The fraction of sp³-hybridized carbons (Fsp3) is 0.696. The molecule has 0 atom stereocenters. The average Bonchev–Trinajstić information content (AvgIpc) is 2.62. The zero-order valence-corrected chi connectivity index (χ0v) is 19.2. The molecule has 0 saturated carbocycles. The van der Waals surface area contributed by atoms with E-state index in [2.05, 4.69) is 34.6 Å². The van der Waals surface area contributed by atoms with E-state index in [1.54, 1.807) is 0 Å². The number of rotatable bonds is 3. The molecule has 0 fully saturated rings. The lowest BCUT2D eigenvalue weighted by Gasteiger charge is -2.02. The van der Waals surface area contributed by atoms with Crippen molar-refractivity contribution < 1.29 is 4.79 Å². The van der Waals surface area contributed by atoms with Gasteiger partial charge in [0, 0.05) is 12.0 Å². The van der Waals surface area contributed by atoms with E-state index in [1.165, 1.54) is 0 Å². The van der Waals surface area contributed by atoms with Crippen molar-refractivity contribution >= 4 is 5.78 Å². The summed E-state index contributed by atoms with van der Waals surface area (Å²) in [4.78, 5) is 11.5. The Morgan fingerprint density at radius 2 is 1.00 bits per heavy atom. The van der Waals surface area contributed by atoms with Gasteiger partial charge in [-0.25, -0.2) is 0 Å². The number of carbonyl (C=O) groups is 1. The topological polar surface area (TPSA) is 17.1 Å². The van der Waals surface area contributed by atoms with E-state index in [1.807, 2.05) is 85.7 Å². The van der Waals surface area contributed by atoms with Crippen LogP contribution >= 0.6 is 0 Å². The molecule has 24 heavy (non-hydrogen) atoms. The van der Waals surface area contributed by atoms with Gasteiger partial charge in [-0.3, -0.25) is 4.79 Å². The number of benzene rings is 1. The van der Waals surface area contributed by atoms with E-state index in [0.29, 0.717) is 12.3 Å². The molecule has 0 saturated heterocycles. The van der Waals surface area contributed by atoms with Crippen molar-refractivity contribution in [2.75, 3.05) is 0 Å². The summed E-state index contributed by atoms with van der Waals surface area (Å²) in [5, 5.41) is 0. The first-order chi connectivity index (χ1) is 11.4. The molecule has 0 radical (unpaired) electrons. The van der Waals surface area contributed by atoms with Gasteiger partial charge in [-0.05, 0) is 11.8 Å². The first-order valence-corrected chi connectivity index (χ1v) is 10.0. The molecule has 146 valence electrons. The first-order valence-electron chi connectivity index (χ1n) is 10.0. The molecule has 0 aromatic heterocycles. The molecule has 0 unspecified atom stereocenters. The second-order valence-corrected chi connectivity index (χ2v) is 5.12. The van der Waals surface area contributed by atoms with Crippen LogP contribution in [0.15, 0.2) is 30.3 Å². The quantitative estimate of drug-likeness (QED) is 0.503. The van der Waals surface area contributed by atoms with Crippen LogP contribution in [-0.4, -0.2) is 5.78 Å². The minimum absolute atomic E-state index is 0.241. The van der Waals surface area contributed by atoms with E-state index >= 15 is 0 Å². The van der Waals surface area contributed by atoms with Crippen LogP contribution in [0.3, 0.4) is 0 Å². The third kappa shape index (κ3) is 37.3. The predicted octanol–water partition coefficient (Wildman–Crippen LogP) is 8.68. The Morgan fingerprint density at radius 1 is 0.708 bits per heavy atom. The molecular formula is C23H48O. The number of hydrogen-bond donors (Lipinski definition) is 0. The first kappa shape index (κ1) is 34.3. The SMILES string of the molecule is CC.CC.CC.CC.CC(C)C.CC(C)CC(=O)c1ccccc1. The fourth-order valence-electron chi connectivity index (χ4n) is 1.11. The van der Waals surface area contributed by atoms with Crippen LogP contribution in [0.1, 0.15) is 107 Å². The van der Waals surface area contributed by atoms with Gasteiger partial charge in [0.05, 0.1) is 0 Å². The normalized spacial score (nSPS) is 7.62. The molecule has 0 aliphatic heterocycles. The van der Waals surface area contributed by atoms with Crippen molar-refractivity contribution in [3.05, 3.63) is 35.9 Å². The van der Waals surface area contributed by atoms with E-state index in [-0.39, 0.29) is 5.78 Å². The van der Waals surface area contributed by atoms with Gasteiger partial charge in [0.25, 0.3) is 0 Å². The van der Waals surface area contributed by atoms with Crippen molar-refractivity contribution in [3.63, 3.8) is 0 Å². The van der Waals surface area contributed by atoms with E-state index in [0.717, 1.165) is 11.5 Å². The van der Waals surface area contributed by atoms with Gasteiger partial charge >= 0.3 is 0 Å². The Bertz CT molecular complexity index is 283. The summed E-state index contributed by atoms with van der Waals surface area (Å²) in [7, 11) is 0. The third-order valence-electron chi connectivity index (χ3n) is 1.69. The van der Waals surface area contributed by atoms with Gasteiger partial charge in [0.2, 0.25) is 0 Å². The molecule has 1 nitrogen and oxygen atoms in total. The molecule has 0 spiro atoms. The molecule has 1 heteroatoms. The standard InChI is InChI=1S/C11H14O.C4H10.4C2H6/c1-9(2)8-11(12)10-6-4-3-5-7-10;1-4(2)3;4*1-2/h3-7,9H,8H2,1-2H3;4H,1-3H3;4*1-2H3. The maximum absolute atomic E-state index is 11.5. The maximum atomic E-state index is 11.5. The zero-order chi connectivity index (χ0) is 20.6. The lowest BCUT2D eigenvalue weighted by Crippen LogP contribution is -2.02. The number of ketones is 1. The lowest BCUT2D eigenvalue weighted by atomic mass is 10.0. The summed E-state index contributed by atoms with van der Waals surface area (Å²) in [6, 6.07) is 9.45. The summed E-state index contributed by atoms with van der Waals surface area (Å²) in [5.41, 5.74) is 0.825. The fourth-order valence-corrected chi connectivity index (χ4v) is 1.11. The number of hydrogen-bond acceptors (Lipinski definition) is 1. The Labute approximate surface area is 155 Å². The Balaban J connectivity index is -0.0000000843. The van der Waals surface area contributed by atoms with Crippen molar-refractivity contribution in [2.45, 2.75) is 96.4 Å². The number of carbonyl (C=O) groups excluding carboxylic acids is 1. The van der Waals surface area contributed by atoms with Crippen LogP contribution in [0.4, 0.5) is 0 Å². The molecule has 0 amide bonds. The van der Waals surface area contributed by atoms with E-state index < -0.39 is 0 Å². The Kier molecular flexibility index (Phi) is 47.8. The summed E-state index contributed by atoms with van der Waals surface area (Å²) in [5.74, 6) is 1.52. The Morgan fingerprint density at radius 3 is 1.25 bits per heavy atom. The van der Waals surface area contributed by atoms with Gasteiger partial charge in [-0.15, -0.1) is 0 Å². The number of Topliss-reactive ketones (excluding diaryl/α,β-unsaturated/α-hetero) is 1. The van der Waals surface area contributed by atoms with E-state index in [9.17, 15) is 4.79 Å². The zero-order valence-electron chi connectivity index (χ0n) is 19.2. The summed E-state index contributed by atoms with van der Waals surface area (Å²) < 4.78 is 0. The van der Waals surface area contributed by atoms with Crippen LogP contribution in [0.2, 0.25) is 0 Å². The molecular weight excluding hydrogens is 292 g/mol. The minimum atomic E-state index is 0.241. The van der Waals surface area contributed by atoms with Gasteiger partial charge in [0.1, 0.15) is 0 Å². The van der Waals surface area contributed by atoms with Crippen LogP contribution in [0, 0.1) is 11.8 Å². The molecule has 0 aliphatic rings. The highest BCUT2D eigenvalue weighted by molar-refractivity contribution is 5.96. The van der Waals surface area contributed by atoms with Crippen LogP contribution in [-0.2, 0) is 0 Å². The minimum Gasteiger partial charge on any atom is -0.294 e. The van der Waals surface area contributed by atoms with Gasteiger partial charge in [0.15, 0.2) is 5.78 Å². The van der Waals surface area contributed by atoms with Crippen LogP contribution < -0.4 is 0 Å². The van der Waals surface area contributed by atoms with Crippen molar-refractivity contribution in [1.82, 2.24) is 0 Å². The Hall–Kier alpha value is -1.11. The molecule has 0 N–H and O–H groups in total. The van der Waals surface area contributed by atoms with Crippen molar-refractivity contribution in [1.29, 1.82) is 0 Å². The highest BCUT2D eigenvalue weighted by Gasteiger charge is 2.06. The molecule has 1 rings (SSSR count). The highest BCUT2D eigenvalue weighted by Crippen LogP contribution is 2.08. The van der Waals surface area contributed by atoms with Crippen molar-refractivity contribution in [3.8, 4) is 0 Å². The van der Waals surface area contributed by atoms with Gasteiger partial charge < -0.3 is 0 Å². The largest absolute Gasteiger partial charge is 0.294 e. The maximum Gasteiger partial charge on any atom is 0.163 e. The molecule has 0 aliphatic carbocycles. The second-order valence-electron chi connectivity index (χ2n) is 5.12. The predicted molar refractivity (Wildman–Crippen MR) is 116 cm³/mol. The summed E-state index contributed by atoms with van der Waals surface area (Å²) in [6.45, 7) is 26.6. The third-order valence-corrected chi connectivity index (χ3v) is 1.69. The van der Waals surface area contributed by atoms with Gasteiger partial charge in [-0.1, -0.05) is 120 Å². The summed E-state index contributed by atoms with van der Waals surface area (Å²) >= 11 is 0. The molecule has 0 heterocycles. The molecule has 0 bridgehead atoms. The van der Waals surface area contributed by atoms with Crippen molar-refractivity contribution in [2.24, 2.45) is 11.8 Å². The summed E-state index contributed by atoms with van der Waals surface area (Å²) in [6.07, 6.45) is 0.643. The molecule has 1 aromatic rings. The molecule has 1 aromatic carbocycles. The lowest BCUT2D eigenvalue weighted by molar-refractivity contribution is 0.0968. The average molecular weight is 341 g/mol. The highest BCUT2D eigenvalue weighted by atomic mass is 16.1. The van der Waals surface area contributed by atoms with Crippen LogP contribution in [0.5, 0.6) is 0 Å². The van der Waals surface area contributed by atoms with Gasteiger partial charge in [-0.2, -0.15) is 0 Å². The second kappa shape index (κ2) is 33.5. The monoisotopic (exact) mass is 340 g/mol. The van der Waals surface area contributed by atoms with Crippen LogP contribution in [0.25, 0.3) is 0 Å².